The smallest absolute Gasteiger partial charge is 0.317 e. The molecule has 134 valence electrons. The molecule has 0 amide bonds. The zero-order valence-electron chi connectivity index (χ0n) is 15.2. The fourth-order valence-corrected chi connectivity index (χ4v) is 2.81. The standard InChI is InChI=1S/C24H21NO2/c1-25(18-24(26)27)16-15-22(20-7-3-2-4-8-20)14-12-19-11-13-21-9-5-6-10-23(21)17-19/h2-11,13,15,17H,16,18H2,1H3,(H,26,27). The monoisotopic (exact) mass is 355 g/mol. The molecule has 1 N–H and O–H groups in total. The lowest BCUT2D eigenvalue weighted by atomic mass is 10.0. The van der Waals surface area contributed by atoms with Gasteiger partial charge in [-0.3, -0.25) is 9.69 Å². The number of carboxylic acids is 1. The van der Waals surface area contributed by atoms with Gasteiger partial charge in [0.05, 0.1) is 6.54 Å². The summed E-state index contributed by atoms with van der Waals surface area (Å²) in [6.45, 7) is 0.513. The van der Waals surface area contributed by atoms with Gasteiger partial charge in [-0.15, -0.1) is 0 Å². The Morgan fingerprint density at radius 1 is 1.00 bits per heavy atom. The molecule has 0 unspecified atom stereocenters. The van der Waals surface area contributed by atoms with Gasteiger partial charge < -0.3 is 5.11 Å². The first-order valence-electron chi connectivity index (χ1n) is 8.78. The molecular weight excluding hydrogens is 334 g/mol. The highest BCUT2D eigenvalue weighted by Crippen LogP contribution is 2.16. The normalized spacial score (nSPS) is 11.3. The highest BCUT2D eigenvalue weighted by Gasteiger charge is 2.04. The van der Waals surface area contributed by atoms with E-state index in [9.17, 15) is 4.79 Å². The molecule has 0 heterocycles. The van der Waals surface area contributed by atoms with Crippen LogP contribution in [0.3, 0.4) is 0 Å². The van der Waals surface area contributed by atoms with Crippen molar-refractivity contribution in [3.63, 3.8) is 0 Å². The molecule has 0 bridgehead atoms. The average Bonchev–Trinajstić information content (AvgIpc) is 2.68. The average molecular weight is 355 g/mol. The van der Waals surface area contributed by atoms with Crippen molar-refractivity contribution in [2.24, 2.45) is 0 Å². The van der Waals surface area contributed by atoms with E-state index in [0.717, 1.165) is 22.1 Å². The van der Waals surface area contributed by atoms with Crippen LogP contribution in [0.5, 0.6) is 0 Å². The van der Waals surface area contributed by atoms with Crippen molar-refractivity contribution in [1.29, 1.82) is 0 Å². The van der Waals surface area contributed by atoms with E-state index in [0.29, 0.717) is 6.54 Å². The summed E-state index contributed by atoms with van der Waals surface area (Å²) >= 11 is 0. The second kappa shape index (κ2) is 8.84. The predicted octanol–water partition coefficient (Wildman–Crippen LogP) is 4.29. The minimum atomic E-state index is -0.839. The maximum Gasteiger partial charge on any atom is 0.317 e. The lowest BCUT2D eigenvalue weighted by Gasteiger charge is -2.11. The van der Waals surface area contributed by atoms with E-state index in [4.69, 9.17) is 5.11 Å². The first-order chi connectivity index (χ1) is 13.1. The third kappa shape index (κ3) is 5.31. The summed E-state index contributed by atoms with van der Waals surface area (Å²) in [7, 11) is 1.78. The molecule has 3 aromatic carbocycles. The summed E-state index contributed by atoms with van der Waals surface area (Å²) in [5, 5.41) is 11.3. The van der Waals surface area contributed by atoms with Crippen LogP contribution in [0.2, 0.25) is 0 Å². The quantitative estimate of drug-likeness (QED) is 0.694. The largest absolute Gasteiger partial charge is 0.480 e. The second-order valence-corrected chi connectivity index (χ2v) is 6.39. The van der Waals surface area contributed by atoms with E-state index in [1.165, 1.54) is 5.39 Å². The molecule has 0 spiro atoms. The van der Waals surface area contributed by atoms with Gasteiger partial charge in [-0.1, -0.05) is 78.6 Å². The highest BCUT2D eigenvalue weighted by molar-refractivity contribution is 5.85. The molecule has 0 aromatic heterocycles. The Morgan fingerprint density at radius 2 is 1.70 bits per heavy atom. The third-order valence-corrected chi connectivity index (χ3v) is 4.19. The van der Waals surface area contributed by atoms with Crippen molar-refractivity contribution in [2.75, 3.05) is 20.1 Å². The molecule has 0 saturated heterocycles. The maximum atomic E-state index is 10.9. The van der Waals surface area contributed by atoms with Crippen molar-refractivity contribution in [3.05, 3.63) is 90.0 Å². The van der Waals surface area contributed by atoms with E-state index in [2.05, 4.69) is 36.1 Å². The zero-order valence-corrected chi connectivity index (χ0v) is 15.2. The summed E-state index contributed by atoms with van der Waals surface area (Å²) < 4.78 is 0. The zero-order chi connectivity index (χ0) is 19.1. The molecule has 0 radical (unpaired) electrons. The number of nitrogens with zero attached hydrogens (tertiary/aromatic N) is 1. The molecule has 0 aliphatic carbocycles. The lowest BCUT2D eigenvalue weighted by molar-refractivity contribution is -0.137. The molecule has 0 atom stereocenters. The minimum Gasteiger partial charge on any atom is -0.480 e. The number of hydrogen-bond acceptors (Lipinski definition) is 2. The van der Waals surface area contributed by atoms with Crippen LogP contribution in [0.4, 0.5) is 0 Å². The van der Waals surface area contributed by atoms with Gasteiger partial charge in [0.25, 0.3) is 0 Å². The third-order valence-electron chi connectivity index (χ3n) is 4.19. The van der Waals surface area contributed by atoms with Crippen LogP contribution in [-0.2, 0) is 4.79 Å². The summed E-state index contributed by atoms with van der Waals surface area (Å²) in [4.78, 5) is 12.6. The molecule has 3 rings (SSSR count). The van der Waals surface area contributed by atoms with E-state index in [1.54, 1.807) is 11.9 Å². The topological polar surface area (TPSA) is 40.5 Å². The van der Waals surface area contributed by atoms with Gasteiger partial charge in [-0.2, -0.15) is 0 Å². The van der Waals surface area contributed by atoms with Crippen molar-refractivity contribution >= 4 is 22.3 Å². The summed E-state index contributed by atoms with van der Waals surface area (Å²) in [5.41, 5.74) is 2.87. The number of allylic oxidation sites excluding steroid dienone is 1. The molecule has 3 nitrogen and oxygen atoms in total. The lowest BCUT2D eigenvalue weighted by Crippen LogP contribution is -2.25. The van der Waals surface area contributed by atoms with E-state index in [-0.39, 0.29) is 6.54 Å². The molecule has 0 aliphatic heterocycles. The summed E-state index contributed by atoms with van der Waals surface area (Å²) in [6.07, 6.45) is 1.98. The van der Waals surface area contributed by atoms with Crippen molar-refractivity contribution < 1.29 is 9.90 Å². The number of carboxylic acid groups (broad SMARTS) is 1. The van der Waals surface area contributed by atoms with Crippen LogP contribution in [0, 0.1) is 11.8 Å². The van der Waals surface area contributed by atoms with Crippen LogP contribution in [0.15, 0.2) is 78.9 Å². The number of likely N-dealkylation sites (N-methyl/N-ethyl adjacent to an activating group) is 1. The fourth-order valence-electron chi connectivity index (χ4n) is 2.81. The molecule has 0 fully saturated rings. The van der Waals surface area contributed by atoms with E-state index in [1.807, 2.05) is 54.6 Å². The van der Waals surface area contributed by atoms with Crippen molar-refractivity contribution in [3.8, 4) is 11.8 Å². The first kappa shape index (κ1) is 18.4. The Kier molecular flexibility index (Phi) is 6.04. The van der Waals surface area contributed by atoms with Crippen LogP contribution in [0.25, 0.3) is 16.3 Å². The number of carbonyl (C=O) groups is 1. The first-order valence-corrected chi connectivity index (χ1v) is 8.78. The number of aliphatic carboxylic acids is 1. The Morgan fingerprint density at radius 3 is 2.44 bits per heavy atom. The number of fused-ring (bicyclic) bond motifs is 1. The van der Waals surface area contributed by atoms with Crippen molar-refractivity contribution in [2.45, 2.75) is 0 Å². The van der Waals surface area contributed by atoms with Crippen LogP contribution in [-0.4, -0.2) is 36.1 Å². The van der Waals surface area contributed by atoms with Gasteiger partial charge in [0.1, 0.15) is 0 Å². The molecule has 0 aliphatic rings. The van der Waals surface area contributed by atoms with Crippen LogP contribution in [0.1, 0.15) is 11.1 Å². The summed E-state index contributed by atoms with van der Waals surface area (Å²) in [6, 6.07) is 24.3. The molecular formula is C24H21NO2. The number of benzene rings is 3. The maximum absolute atomic E-state index is 10.9. The predicted molar refractivity (Wildman–Crippen MR) is 110 cm³/mol. The van der Waals surface area contributed by atoms with Gasteiger partial charge in [-0.05, 0) is 35.5 Å². The van der Waals surface area contributed by atoms with Gasteiger partial charge in [0.15, 0.2) is 0 Å². The van der Waals surface area contributed by atoms with Gasteiger partial charge >= 0.3 is 5.97 Å². The van der Waals surface area contributed by atoms with Crippen LogP contribution < -0.4 is 0 Å². The Hall–Kier alpha value is -3.35. The Balaban J connectivity index is 1.89. The van der Waals surface area contributed by atoms with Crippen molar-refractivity contribution in [1.82, 2.24) is 4.90 Å². The van der Waals surface area contributed by atoms with Crippen LogP contribution >= 0.6 is 0 Å². The highest BCUT2D eigenvalue weighted by atomic mass is 16.4. The van der Waals surface area contributed by atoms with E-state index < -0.39 is 5.97 Å². The fraction of sp³-hybridized carbons (Fsp3) is 0.125. The van der Waals surface area contributed by atoms with E-state index >= 15 is 0 Å². The molecule has 27 heavy (non-hydrogen) atoms. The minimum absolute atomic E-state index is 0.00330. The number of rotatable bonds is 5. The molecule has 0 saturated carbocycles. The Bertz CT molecular complexity index is 1030. The van der Waals surface area contributed by atoms with Gasteiger partial charge in [0.2, 0.25) is 0 Å². The second-order valence-electron chi connectivity index (χ2n) is 6.39. The van der Waals surface area contributed by atoms with Gasteiger partial charge in [0, 0.05) is 17.7 Å². The SMILES string of the molecule is CN(CC=C(C#Cc1ccc2ccccc2c1)c1ccccc1)CC(=O)O. The number of hydrogen-bond donors (Lipinski definition) is 1. The summed E-state index contributed by atoms with van der Waals surface area (Å²) in [5.74, 6) is 5.67. The molecule has 3 aromatic rings. The molecule has 3 heteroatoms. The van der Waals surface area contributed by atoms with Gasteiger partial charge in [-0.25, -0.2) is 0 Å². The Labute approximate surface area is 159 Å².